The fourth-order valence-corrected chi connectivity index (χ4v) is 3.09. The SMILES string of the molecule is O=C(Nc1ccc(N2CCOCC2)nc1)c1nnc(Nc2ccc3c(c2)OCO3)o1. The van der Waals surface area contributed by atoms with Crippen molar-refractivity contribution in [1.29, 1.82) is 0 Å². The average Bonchev–Trinajstić information content (AvgIpc) is 3.44. The molecule has 4 heterocycles. The van der Waals surface area contributed by atoms with Crippen molar-refractivity contribution >= 4 is 29.1 Å². The minimum Gasteiger partial charge on any atom is -0.454 e. The smallest absolute Gasteiger partial charge is 0.320 e. The molecule has 2 N–H and O–H groups in total. The van der Waals surface area contributed by atoms with Gasteiger partial charge in [-0.15, -0.1) is 5.10 Å². The Morgan fingerprint density at radius 1 is 1.00 bits per heavy atom. The maximum atomic E-state index is 12.4. The highest BCUT2D eigenvalue weighted by Crippen LogP contribution is 2.34. The zero-order chi connectivity index (χ0) is 20.3. The molecule has 2 aliphatic rings. The van der Waals surface area contributed by atoms with Crippen LogP contribution < -0.4 is 25.0 Å². The molecule has 154 valence electrons. The third-order valence-corrected chi connectivity index (χ3v) is 4.58. The second-order valence-corrected chi connectivity index (χ2v) is 6.56. The lowest BCUT2D eigenvalue weighted by Gasteiger charge is -2.27. The Balaban J connectivity index is 1.21. The molecular formula is C19H18N6O5. The highest BCUT2D eigenvalue weighted by atomic mass is 16.7. The first-order valence-electron chi connectivity index (χ1n) is 9.35. The summed E-state index contributed by atoms with van der Waals surface area (Å²) >= 11 is 0. The van der Waals surface area contributed by atoms with Crippen molar-refractivity contribution in [2.75, 3.05) is 48.6 Å². The zero-order valence-corrected chi connectivity index (χ0v) is 15.8. The van der Waals surface area contributed by atoms with Crippen LogP contribution in [0.4, 0.5) is 23.2 Å². The number of benzene rings is 1. The molecule has 0 unspecified atom stereocenters. The lowest BCUT2D eigenvalue weighted by atomic mass is 10.3. The number of nitrogens with one attached hydrogen (secondary N) is 2. The van der Waals surface area contributed by atoms with Gasteiger partial charge in [0.25, 0.3) is 0 Å². The van der Waals surface area contributed by atoms with Gasteiger partial charge in [0.2, 0.25) is 6.79 Å². The topological polar surface area (TPSA) is 124 Å². The fraction of sp³-hybridized carbons (Fsp3) is 0.263. The van der Waals surface area contributed by atoms with Gasteiger partial charge in [-0.3, -0.25) is 4.79 Å². The monoisotopic (exact) mass is 410 g/mol. The molecule has 11 nitrogen and oxygen atoms in total. The number of hydrogen-bond donors (Lipinski definition) is 2. The average molecular weight is 410 g/mol. The number of carbonyl (C=O) groups is 1. The minimum atomic E-state index is -0.526. The van der Waals surface area contributed by atoms with E-state index in [4.69, 9.17) is 18.6 Å². The Bertz CT molecular complexity index is 1050. The summed E-state index contributed by atoms with van der Waals surface area (Å²) in [6.45, 7) is 3.13. The van der Waals surface area contributed by atoms with Crippen LogP contribution in [0.3, 0.4) is 0 Å². The largest absolute Gasteiger partial charge is 0.454 e. The molecule has 11 heteroatoms. The van der Waals surface area contributed by atoms with Crippen molar-refractivity contribution in [3.05, 3.63) is 42.4 Å². The van der Waals surface area contributed by atoms with E-state index >= 15 is 0 Å². The Morgan fingerprint density at radius 2 is 1.83 bits per heavy atom. The number of pyridine rings is 1. The maximum Gasteiger partial charge on any atom is 0.320 e. The molecule has 0 radical (unpaired) electrons. The van der Waals surface area contributed by atoms with Crippen molar-refractivity contribution in [1.82, 2.24) is 15.2 Å². The fourth-order valence-electron chi connectivity index (χ4n) is 3.09. The molecule has 1 amide bonds. The zero-order valence-electron chi connectivity index (χ0n) is 15.8. The number of anilines is 4. The van der Waals surface area contributed by atoms with Gasteiger partial charge in [0.15, 0.2) is 11.5 Å². The predicted octanol–water partition coefficient (Wildman–Crippen LogP) is 2.03. The minimum absolute atomic E-state index is 0.0832. The van der Waals surface area contributed by atoms with Crippen LogP contribution >= 0.6 is 0 Å². The van der Waals surface area contributed by atoms with Crippen molar-refractivity contribution in [2.24, 2.45) is 0 Å². The van der Waals surface area contributed by atoms with E-state index in [1.807, 2.05) is 6.07 Å². The van der Waals surface area contributed by atoms with Gasteiger partial charge in [0.1, 0.15) is 5.82 Å². The summed E-state index contributed by atoms with van der Waals surface area (Å²) in [4.78, 5) is 18.9. The molecule has 0 atom stereocenters. The van der Waals surface area contributed by atoms with E-state index in [1.165, 1.54) is 0 Å². The number of rotatable bonds is 5. The van der Waals surface area contributed by atoms with Crippen LogP contribution in [-0.4, -0.2) is 54.2 Å². The van der Waals surface area contributed by atoms with Gasteiger partial charge in [0, 0.05) is 24.8 Å². The van der Waals surface area contributed by atoms with E-state index in [0.29, 0.717) is 36.1 Å². The lowest BCUT2D eigenvalue weighted by molar-refractivity contribution is 0.0991. The Kier molecular flexibility index (Phi) is 4.77. The van der Waals surface area contributed by atoms with Gasteiger partial charge in [0.05, 0.1) is 25.1 Å². The number of nitrogens with zero attached hydrogens (tertiary/aromatic N) is 4. The van der Waals surface area contributed by atoms with Gasteiger partial charge in [-0.1, -0.05) is 5.10 Å². The summed E-state index contributed by atoms with van der Waals surface area (Å²) in [5.74, 6) is 1.42. The molecule has 0 bridgehead atoms. The second-order valence-electron chi connectivity index (χ2n) is 6.56. The van der Waals surface area contributed by atoms with Crippen LogP contribution in [-0.2, 0) is 4.74 Å². The molecular weight excluding hydrogens is 392 g/mol. The van der Waals surface area contributed by atoms with Gasteiger partial charge in [-0.25, -0.2) is 4.98 Å². The van der Waals surface area contributed by atoms with Crippen LogP contribution in [0.5, 0.6) is 11.5 Å². The third kappa shape index (κ3) is 3.82. The number of amides is 1. The Labute approximate surface area is 171 Å². The maximum absolute atomic E-state index is 12.4. The number of ether oxygens (including phenoxy) is 3. The number of carbonyl (C=O) groups excluding carboxylic acids is 1. The van der Waals surface area contributed by atoms with Gasteiger partial charge in [-0.05, 0) is 24.3 Å². The number of fused-ring (bicyclic) bond motifs is 1. The quantitative estimate of drug-likeness (QED) is 0.645. The van der Waals surface area contributed by atoms with Crippen molar-refractivity contribution in [3.8, 4) is 11.5 Å². The predicted molar refractivity (Wildman–Crippen MR) is 105 cm³/mol. The summed E-state index contributed by atoms with van der Waals surface area (Å²) in [5.41, 5.74) is 1.19. The van der Waals surface area contributed by atoms with E-state index < -0.39 is 5.91 Å². The first-order valence-corrected chi connectivity index (χ1v) is 9.35. The summed E-state index contributed by atoms with van der Waals surface area (Å²) in [6.07, 6.45) is 1.59. The van der Waals surface area contributed by atoms with Crippen molar-refractivity contribution in [3.63, 3.8) is 0 Å². The summed E-state index contributed by atoms with van der Waals surface area (Å²) in [7, 11) is 0. The molecule has 0 aliphatic carbocycles. The number of morpholine rings is 1. The van der Waals surface area contributed by atoms with Gasteiger partial charge >= 0.3 is 17.8 Å². The van der Waals surface area contributed by atoms with Crippen LogP contribution in [0.15, 0.2) is 40.9 Å². The summed E-state index contributed by atoms with van der Waals surface area (Å²) in [5, 5.41) is 13.3. The van der Waals surface area contributed by atoms with Crippen LogP contribution in [0.1, 0.15) is 10.7 Å². The van der Waals surface area contributed by atoms with Crippen LogP contribution in [0, 0.1) is 0 Å². The molecule has 5 rings (SSSR count). The summed E-state index contributed by atoms with van der Waals surface area (Å²) < 4.78 is 21.3. The molecule has 30 heavy (non-hydrogen) atoms. The third-order valence-electron chi connectivity index (χ3n) is 4.58. The van der Waals surface area contributed by atoms with E-state index in [1.54, 1.807) is 30.5 Å². The molecule has 1 saturated heterocycles. The van der Waals surface area contributed by atoms with E-state index in [0.717, 1.165) is 18.9 Å². The standard InChI is InChI=1S/C19H18N6O5/c26-17(21-13-2-4-16(20-10-13)25-5-7-27-8-6-25)18-23-24-19(30-18)22-12-1-3-14-15(9-12)29-11-28-14/h1-4,9-10H,5-8,11H2,(H,21,26)(H,22,24). The molecule has 2 aliphatic heterocycles. The highest BCUT2D eigenvalue weighted by Gasteiger charge is 2.18. The van der Waals surface area contributed by atoms with Gasteiger partial charge < -0.3 is 34.2 Å². The number of hydrogen-bond acceptors (Lipinski definition) is 10. The first kappa shape index (κ1) is 18.2. The first-order chi connectivity index (χ1) is 14.7. The van der Waals surface area contributed by atoms with Crippen LogP contribution in [0.2, 0.25) is 0 Å². The van der Waals surface area contributed by atoms with E-state index in [9.17, 15) is 4.79 Å². The second kappa shape index (κ2) is 7.87. The van der Waals surface area contributed by atoms with Gasteiger partial charge in [-0.2, -0.15) is 0 Å². The van der Waals surface area contributed by atoms with Crippen LogP contribution in [0.25, 0.3) is 0 Å². The Morgan fingerprint density at radius 3 is 2.67 bits per heavy atom. The lowest BCUT2D eigenvalue weighted by Crippen LogP contribution is -2.36. The normalized spacial score (nSPS) is 15.1. The molecule has 3 aromatic rings. The van der Waals surface area contributed by atoms with E-state index in [2.05, 4.69) is 30.7 Å². The Hall–Kier alpha value is -3.86. The van der Waals surface area contributed by atoms with E-state index in [-0.39, 0.29) is 18.7 Å². The molecule has 0 saturated carbocycles. The highest BCUT2D eigenvalue weighted by molar-refractivity contribution is 6.00. The molecule has 2 aromatic heterocycles. The van der Waals surface area contributed by atoms with Crippen molar-refractivity contribution in [2.45, 2.75) is 0 Å². The summed E-state index contributed by atoms with van der Waals surface area (Å²) in [6, 6.07) is 8.99. The molecule has 1 fully saturated rings. The molecule has 0 spiro atoms. The molecule has 1 aromatic carbocycles. The number of aromatic nitrogens is 3. The van der Waals surface area contributed by atoms with Crippen molar-refractivity contribution < 1.29 is 23.4 Å².